The lowest BCUT2D eigenvalue weighted by molar-refractivity contribution is 0.103. The van der Waals surface area contributed by atoms with Crippen LogP contribution in [0.5, 0.6) is 5.75 Å². The Morgan fingerprint density at radius 2 is 1.83 bits per heavy atom. The van der Waals surface area contributed by atoms with Gasteiger partial charge in [-0.25, -0.2) is 0 Å². The number of halogens is 3. The van der Waals surface area contributed by atoms with E-state index in [-0.39, 0.29) is 11.5 Å². The number of fused-ring (bicyclic) bond motifs is 1. The van der Waals surface area contributed by atoms with E-state index in [0.717, 1.165) is 28.4 Å². The lowest BCUT2D eigenvalue weighted by atomic mass is 10.0. The quantitative estimate of drug-likeness (QED) is 0.426. The van der Waals surface area contributed by atoms with Gasteiger partial charge in [-0.2, -0.15) is 0 Å². The zero-order valence-electron chi connectivity index (χ0n) is 12.8. The van der Waals surface area contributed by atoms with Crippen LogP contribution >= 0.6 is 47.8 Å². The molecule has 0 aliphatic rings. The number of aromatic nitrogens is 1. The van der Waals surface area contributed by atoms with Gasteiger partial charge >= 0.3 is 0 Å². The van der Waals surface area contributed by atoms with Crippen molar-refractivity contribution >= 4 is 59.1 Å². The van der Waals surface area contributed by atoms with E-state index >= 15 is 0 Å². The van der Waals surface area contributed by atoms with E-state index in [1.807, 2.05) is 28.8 Å². The van der Waals surface area contributed by atoms with Crippen LogP contribution in [0.2, 0.25) is 0 Å². The minimum Gasteiger partial charge on any atom is -0.506 e. The van der Waals surface area contributed by atoms with Gasteiger partial charge < -0.3 is 9.51 Å². The summed E-state index contributed by atoms with van der Waals surface area (Å²) in [6.45, 7) is 2.09. The fourth-order valence-corrected chi connectivity index (χ4v) is 4.67. The topological polar surface area (TPSA) is 41.7 Å². The largest absolute Gasteiger partial charge is 0.506 e. The van der Waals surface area contributed by atoms with Crippen LogP contribution in [0.1, 0.15) is 35.0 Å². The Hall–Kier alpha value is -1.11. The van der Waals surface area contributed by atoms with Gasteiger partial charge in [0.1, 0.15) is 5.75 Å². The summed E-state index contributed by atoms with van der Waals surface area (Å²) in [7, 11) is 0. The molecule has 0 atom stereocenters. The lowest BCUT2D eigenvalue weighted by Gasteiger charge is -2.08. The van der Waals surface area contributed by atoms with Crippen molar-refractivity contribution in [2.24, 2.45) is 0 Å². The Kier molecular flexibility index (Phi) is 5.18. The van der Waals surface area contributed by atoms with E-state index in [2.05, 4.69) is 54.7 Å². The lowest BCUT2D eigenvalue weighted by Crippen LogP contribution is -2.08. The molecule has 124 valence electrons. The average molecular weight is 516 g/mol. The third-order valence-corrected chi connectivity index (χ3v) is 5.96. The maximum Gasteiger partial charge on any atom is 0.210 e. The van der Waals surface area contributed by atoms with Crippen LogP contribution in [0, 0.1) is 0 Å². The van der Waals surface area contributed by atoms with Crippen LogP contribution in [0.4, 0.5) is 0 Å². The number of phenols is 1. The summed E-state index contributed by atoms with van der Waals surface area (Å²) in [5.74, 6) is 0.00767. The number of rotatable bonds is 4. The van der Waals surface area contributed by atoms with Gasteiger partial charge in [0.15, 0.2) is 0 Å². The van der Waals surface area contributed by atoms with Gasteiger partial charge in [0.25, 0.3) is 0 Å². The molecule has 3 nitrogen and oxygen atoms in total. The summed E-state index contributed by atoms with van der Waals surface area (Å²) < 4.78 is 3.85. The third kappa shape index (κ3) is 2.95. The first kappa shape index (κ1) is 17.7. The zero-order chi connectivity index (χ0) is 17.4. The highest BCUT2D eigenvalue weighted by Crippen LogP contribution is 2.36. The van der Waals surface area contributed by atoms with Crippen molar-refractivity contribution in [3.63, 3.8) is 0 Å². The van der Waals surface area contributed by atoms with E-state index < -0.39 is 0 Å². The van der Waals surface area contributed by atoms with Gasteiger partial charge in [-0.05, 0) is 84.0 Å². The van der Waals surface area contributed by atoms with Crippen molar-refractivity contribution in [1.29, 1.82) is 0 Å². The molecule has 0 bridgehead atoms. The molecule has 0 aliphatic carbocycles. The van der Waals surface area contributed by atoms with E-state index in [0.29, 0.717) is 20.2 Å². The number of hydrogen-bond acceptors (Lipinski definition) is 2. The molecule has 0 unspecified atom stereocenters. The van der Waals surface area contributed by atoms with Gasteiger partial charge in [0.2, 0.25) is 5.78 Å². The molecule has 2 aromatic heterocycles. The molecule has 0 fully saturated rings. The number of hydrogen-bond donors (Lipinski definition) is 1. The van der Waals surface area contributed by atoms with Crippen molar-refractivity contribution in [2.75, 3.05) is 0 Å². The average Bonchev–Trinajstić information content (AvgIpc) is 2.85. The summed E-state index contributed by atoms with van der Waals surface area (Å²) in [5.41, 5.74) is 3.15. The number of carbonyl (C=O) groups excluding carboxylic acids is 1. The van der Waals surface area contributed by atoms with E-state index in [1.54, 1.807) is 12.1 Å². The number of carbonyl (C=O) groups is 1. The molecule has 0 saturated carbocycles. The fourth-order valence-electron chi connectivity index (χ4n) is 2.78. The number of aromatic hydroxyl groups is 1. The first-order valence-electron chi connectivity index (χ1n) is 7.45. The third-order valence-electron chi connectivity index (χ3n) is 3.87. The maximum absolute atomic E-state index is 13.2. The van der Waals surface area contributed by atoms with Gasteiger partial charge in [-0.15, -0.1) is 0 Å². The second-order valence-corrected chi connectivity index (χ2v) is 7.97. The van der Waals surface area contributed by atoms with Gasteiger partial charge in [0.05, 0.1) is 20.2 Å². The Bertz CT molecular complexity index is 924. The molecule has 0 amide bonds. The standard InChI is InChI=1S/C18H14Br3NO2/c1-2-5-11-15(21)14-6-3-4-7-22(14)16(11)17(23)10-8-12(19)18(24)13(20)9-10/h3-4,6-9,24H,2,5H2,1H3. The fraction of sp³-hybridized carbons (Fsp3) is 0.167. The molecule has 1 aromatic carbocycles. The van der Waals surface area contributed by atoms with Crippen LogP contribution in [-0.2, 0) is 6.42 Å². The summed E-state index contributed by atoms with van der Waals surface area (Å²) in [4.78, 5) is 13.2. The van der Waals surface area contributed by atoms with Gasteiger partial charge in [0, 0.05) is 16.2 Å². The van der Waals surface area contributed by atoms with Crippen molar-refractivity contribution in [2.45, 2.75) is 19.8 Å². The number of benzene rings is 1. The molecular weight excluding hydrogens is 502 g/mol. The molecule has 0 saturated heterocycles. The molecule has 0 spiro atoms. The van der Waals surface area contributed by atoms with E-state index in [4.69, 9.17) is 0 Å². The van der Waals surface area contributed by atoms with Crippen LogP contribution in [-0.4, -0.2) is 15.3 Å². The number of phenolic OH excluding ortho intramolecular Hbond substituents is 1. The van der Waals surface area contributed by atoms with Crippen LogP contribution in [0.25, 0.3) is 5.52 Å². The molecule has 3 rings (SSSR count). The highest BCUT2D eigenvalue weighted by molar-refractivity contribution is 9.11. The molecule has 1 N–H and O–H groups in total. The second kappa shape index (κ2) is 7.02. The van der Waals surface area contributed by atoms with Crippen molar-refractivity contribution in [1.82, 2.24) is 4.40 Å². The summed E-state index contributed by atoms with van der Waals surface area (Å²) in [6.07, 6.45) is 3.65. The van der Waals surface area contributed by atoms with E-state index in [1.165, 1.54) is 0 Å². The van der Waals surface area contributed by atoms with Gasteiger partial charge in [-0.1, -0.05) is 19.4 Å². The Labute approximate surface area is 165 Å². The Morgan fingerprint density at radius 1 is 1.17 bits per heavy atom. The molecule has 3 aromatic rings. The monoisotopic (exact) mass is 513 g/mol. The SMILES string of the molecule is CCCc1c(Br)c2ccccn2c1C(=O)c1cc(Br)c(O)c(Br)c1. The first-order chi connectivity index (χ1) is 11.5. The van der Waals surface area contributed by atoms with Crippen LogP contribution < -0.4 is 0 Å². The number of ketones is 1. The smallest absolute Gasteiger partial charge is 0.210 e. The molecule has 6 heteroatoms. The molecular formula is C18H14Br3NO2. The van der Waals surface area contributed by atoms with Crippen molar-refractivity contribution in [3.8, 4) is 5.75 Å². The van der Waals surface area contributed by atoms with Gasteiger partial charge in [-0.3, -0.25) is 4.79 Å². The van der Waals surface area contributed by atoms with E-state index in [9.17, 15) is 9.90 Å². The first-order valence-corrected chi connectivity index (χ1v) is 9.83. The molecule has 24 heavy (non-hydrogen) atoms. The second-order valence-electron chi connectivity index (χ2n) is 5.46. The summed E-state index contributed by atoms with van der Waals surface area (Å²) in [5, 5.41) is 9.88. The molecule has 0 aliphatic heterocycles. The Morgan fingerprint density at radius 3 is 2.46 bits per heavy atom. The highest BCUT2D eigenvalue weighted by Gasteiger charge is 2.23. The minimum atomic E-state index is -0.0771. The Balaban J connectivity index is 2.25. The minimum absolute atomic E-state index is 0.0771. The molecule has 2 heterocycles. The highest BCUT2D eigenvalue weighted by atomic mass is 79.9. The summed E-state index contributed by atoms with van der Waals surface area (Å²) in [6, 6.07) is 9.15. The van der Waals surface area contributed by atoms with Crippen molar-refractivity contribution < 1.29 is 9.90 Å². The predicted octanol–water partition coefficient (Wildman–Crippen LogP) is 6.12. The normalized spacial score (nSPS) is 11.2. The zero-order valence-corrected chi connectivity index (χ0v) is 17.6. The van der Waals surface area contributed by atoms with Crippen LogP contribution in [0.15, 0.2) is 49.9 Å². The summed E-state index contributed by atoms with van der Waals surface area (Å²) >= 11 is 10.2. The number of nitrogens with zero attached hydrogens (tertiary/aromatic N) is 1. The number of pyridine rings is 1. The predicted molar refractivity (Wildman–Crippen MR) is 106 cm³/mol. The van der Waals surface area contributed by atoms with Crippen molar-refractivity contribution in [3.05, 3.63) is 66.8 Å². The maximum atomic E-state index is 13.2. The molecule has 0 radical (unpaired) electrons. The van der Waals surface area contributed by atoms with Crippen LogP contribution in [0.3, 0.4) is 0 Å².